The predicted molar refractivity (Wildman–Crippen MR) is 71.5 cm³/mol. The van der Waals surface area contributed by atoms with Crippen LogP contribution in [0.25, 0.3) is 10.6 Å². The standard InChI is InChI=1S/C14H11F2NO2S/c15-14(16)19-11-7-2-1-4-8(11)13-17-9-5-3-6-10(18)12(9)20-13/h1-2,4,7,14H,3,5-6H2. The Kier molecular flexibility index (Phi) is 3.48. The third-order valence-electron chi connectivity index (χ3n) is 3.10. The fraction of sp³-hybridized carbons (Fsp3) is 0.286. The van der Waals surface area contributed by atoms with E-state index < -0.39 is 6.61 Å². The number of halogens is 2. The van der Waals surface area contributed by atoms with E-state index in [4.69, 9.17) is 0 Å². The first-order valence-corrected chi connectivity index (χ1v) is 7.04. The van der Waals surface area contributed by atoms with Gasteiger partial charge < -0.3 is 4.74 Å². The highest BCUT2D eigenvalue weighted by Gasteiger charge is 2.24. The fourth-order valence-electron chi connectivity index (χ4n) is 2.23. The molecule has 1 aromatic heterocycles. The molecule has 0 unspecified atom stereocenters. The Morgan fingerprint density at radius 2 is 2.05 bits per heavy atom. The van der Waals surface area contributed by atoms with Crippen LogP contribution in [0.5, 0.6) is 5.75 Å². The Labute approximate surface area is 118 Å². The third kappa shape index (κ3) is 2.43. The number of para-hydroxylation sites is 1. The van der Waals surface area contributed by atoms with Crippen molar-refractivity contribution in [2.75, 3.05) is 0 Å². The summed E-state index contributed by atoms with van der Waals surface area (Å²) in [7, 11) is 0. The van der Waals surface area contributed by atoms with Crippen molar-refractivity contribution in [1.82, 2.24) is 4.98 Å². The summed E-state index contributed by atoms with van der Waals surface area (Å²) in [6.45, 7) is -2.88. The second-order valence-corrected chi connectivity index (χ2v) is 5.45. The maximum Gasteiger partial charge on any atom is 0.387 e. The number of nitrogens with zero attached hydrogens (tertiary/aromatic N) is 1. The van der Waals surface area contributed by atoms with Gasteiger partial charge >= 0.3 is 6.61 Å². The molecule has 0 saturated heterocycles. The molecule has 0 N–H and O–H groups in total. The van der Waals surface area contributed by atoms with Gasteiger partial charge in [0.25, 0.3) is 0 Å². The van der Waals surface area contributed by atoms with Crippen molar-refractivity contribution in [2.24, 2.45) is 0 Å². The van der Waals surface area contributed by atoms with Crippen molar-refractivity contribution in [3.8, 4) is 16.3 Å². The number of ketones is 1. The molecule has 3 rings (SSSR count). The third-order valence-corrected chi connectivity index (χ3v) is 4.27. The molecule has 3 nitrogen and oxygen atoms in total. The molecule has 1 aromatic carbocycles. The first-order valence-electron chi connectivity index (χ1n) is 6.22. The molecule has 0 atom stereocenters. The summed E-state index contributed by atoms with van der Waals surface area (Å²) in [5.74, 6) is 0.170. The van der Waals surface area contributed by atoms with E-state index in [1.165, 1.54) is 17.4 Å². The lowest BCUT2D eigenvalue weighted by molar-refractivity contribution is -0.0494. The zero-order valence-corrected chi connectivity index (χ0v) is 11.3. The van der Waals surface area contributed by atoms with E-state index >= 15 is 0 Å². The Hall–Kier alpha value is -1.82. The van der Waals surface area contributed by atoms with Gasteiger partial charge in [-0.3, -0.25) is 4.79 Å². The van der Waals surface area contributed by atoms with Gasteiger partial charge in [0.1, 0.15) is 10.8 Å². The number of hydrogen-bond donors (Lipinski definition) is 0. The molecule has 0 bridgehead atoms. The fourth-order valence-corrected chi connectivity index (χ4v) is 3.34. The number of rotatable bonds is 3. The molecule has 0 saturated carbocycles. The van der Waals surface area contributed by atoms with Gasteiger partial charge in [-0.05, 0) is 25.0 Å². The van der Waals surface area contributed by atoms with Crippen LogP contribution in [0.15, 0.2) is 24.3 Å². The minimum atomic E-state index is -2.88. The number of Topliss-reactive ketones (excluding diaryl/α,β-unsaturated/α-hetero) is 1. The van der Waals surface area contributed by atoms with E-state index in [2.05, 4.69) is 9.72 Å². The summed E-state index contributed by atoms with van der Waals surface area (Å²) in [6.07, 6.45) is 2.09. The Balaban J connectivity index is 2.03. The van der Waals surface area contributed by atoms with Crippen molar-refractivity contribution < 1.29 is 18.3 Å². The molecule has 1 aliphatic rings. The van der Waals surface area contributed by atoms with Crippen LogP contribution in [0.2, 0.25) is 0 Å². The van der Waals surface area contributed by atoms with E-state index in [1.54, 1.807) is 18.2 Å². The Bertz CT molecular complexity index is 654. The molecule has 104 valence electrons. The highest BCUT2D eigenvalue weighted by molar-refractivity contribution is 7.17. The van der Waals surface area contributed by atoms with Crippen LogP contribution in [-0.4, -0.2) is 17.4 Å². The minimum Gasteiger partial charge on any atom is -0.434 e. The summed E-state index contributed by atoms with van der Waals surface area (Å²) in [6, 6.07) is 6.51. The quantitative estimate of drug-likeness (QED) is 0.861. The number of aromatic nitrogens is 1. The molecule has 0 aliphatic heterocycles. The molecular weight excluding hydrogens is 284 g/mol. The van der Waals surface area contributed by atoms with Crippen LogP contribution in [-0.2, 0) is 6.42 Å². The summed E-state index contributed by atoms with van der Waals surface area (Å²) in [5, 5.41) is 0.557. The molecule has 6 heteroatoms. The molecule has 0 spiro atoms. The second-order valence-electron chi connectivity index (χ2n) is 4.45. The van der Waals surface area contributed by atoms with Crippen molar-refractivity contribution in [2.45, 2.75) is 25.9 Å². The van der Waals surface area contributed by atoms with Gasteiger partial charge in [-0.15, -0.1) is 11.3 Å². The monoisotopic (exact) mass is 295 g/mol. The number of benzene rings is 1. The SMILES string of the molecule is O=C1CCCc2nc(-c3ccccc3OC(F)F)sc21. The number of thiazole rings is 1. The average Bonchev–Trinajstić information content (AvgIpc) is 2.84. The van der Waals surface area contributed by atoms with Crippen LogP contribution >= 0.6 is 11.3 Å². The number of alkyl halides is 2. The molecule has 0 radical (unpaired) electrons. The van der Waals surface area contributed by atoms with Crippen molar-refractivity contribution in [3.05, 3.63) is 34.8 Å². The normalized spacial score (nSPS) is 14.4. The van der Waals surface area contributed by atoms with Crippen molar-refractivity contribution in [1.29, 1.82) is 0 Å². The zero-order chi connectivity index (χ0) is 14.1. The van der Waals surface area contributed by atoms with Crippen molar-refractivity contribution in [3.63, 3.8) is 0 Å². The number of ether oxygens (including phenoxy) is 1. The summed E-state index contributed by atoms with van der Waals surface area (Å²) in [5.41, 5.74) is 1.27. The molecular formula is C14H11F2NO2S. The van der Waals surface area contributed by atoms with Gasteiger partial charge in [0.15, 0.2) is 5.78 Å². The second kappa shape index (κ2) is 5.28. The summed E-state index contributed by atoms with van der Waals surface area (Å²) < 4.78 is 29.3. The summed E-state index contributed by atoms with van der Waals surface area (Å²) >= 11 is 1.25. The van der Waals surface area contributed by atoms with Crippen LogP contribution in [0.3, 0.4) is 0 Å². The van der Waals surface area contributed by atoms with Gasteiger partial charge in [0.2, 0.25) is 0 Å². The highest BCUT2D eigenvalue weighted by Crippen LogP contribution is 2.37. The summed E-state index contributed by atoms with van der Waals surface area (Å²) in [4.78, 5) is 16.9. The van der Waals surface area contributed by atoms with Crippen LogP contribution in [0.1, 0.15) is 28.2 Å². The van der Waals surface area contributed by atoms with Gasteiger partial charge in [-0.2, -0.15) is 8.78 Å². The van der Waals surface area contributed by atoms with E-state index in [9.17, 15) is 13.6 Å². The number of fused-ring (bicyclic) bond motifs is 1. The minimum absolute atomic E-state index is 0.0843. The molecule has 0 amide bonds. The maximum atomic E-state index is 12.4. The first-order chi connectivity index (χ1) is 9.65. The lowest BCUT2D eigenvalue weighted by Gasteiger charge is -2.08. The van der Waals surface area contributed by atoms with Crippen LogP contribution < -0.4 is 4.74 Å². The molecule has 1 aliphatic carbocycles. The van der Waals surface area contributed by atoms with Gasteiger partial charge in [-0.1, -0.05) is 12.1 Å². The topological polar surface area (TPSA) is 39.2 Å². The highest BCUT2D eigenvalue weighted by atomic mass is 32.1. The smallest absolute Gasteiger partial charge is 0.387 e. The molecule has 0 fully saturated rings. The zero-order valence-electron chi connectivity index (χ0n) is 10.4. The number of hydrogen-bond acceptors (Lipinski definition) is 4. The van der Waals surface area contributed by atoms with Gasteiger partial charge in [-0.25, -0.2) is 4.98 Å². The van der Waals surface area contributed by atoms with E-state index in [-0.39, 0.29) is 11.5 Å². The van der Waals surface area contributed by atoms with Crippen LogP contribution in [0.4, 0.5) is 8.78 Å². The maximum absolute atomic E-state index is 12.4. The lowest BCUT2D eigenvalue weighted by atomic mass is 10.0. The molecule has 2 aromatic rings. The first kappa shape index (κ1) is 13.2. The predicted octanol–water partition coefficient (Wildman–Crippen LogP) is 3.93. The molecule has 1 heterocycles. The largest absolute Gasteiger partial charge is 0.434 e. The van der Waals surface area contributed by atoms with E-state index in [0.29, 0.717) is 21.9 Å². The van der Waals surface area contributed by atoms with Gasteiger partial charge in [0, 0.05) is 6.42 Å². The molecule has 20 heavy (non-hydrogen) atoms. The van der Waals surface area contributed by atoms with E-state index in [0.717, 1.165) is 18.5 Å². The number of carbonyl (C=O) groups is 1. The van der Waals surface area contributed by atoms with Crippen molar-refractivity contribution >= 4 is 17.1 Å². The Morgan fingerprint density at radius 1 is 1.25 bits per heavy atom. The number of aryl methyl sites for hydroxylation is 1. The van der Waals surface area contributed by atoms with Crippen LogP contribution in [0, 0.1) is 0 Å². The number of carbonyl (C=O) groups excluding carboxylic acids is 1. The average molecular weight is 295 g/mol. The van der Waals surface area contributed by atoms with Gasteiger partial charge in [0.05, 0.1) is 16.1 Å². The van der Waals surface area contributed by atoms with E-state index in [1.807, 2.05) is 0 Å². The lowest BCUT2D eigenvalue weighted by Crippen LogP contribution is -2.07. The Morgan fingerprint density at radius 3 is 2.80 bits per heavy atom.